The van der Waals surface area contributed by atoms with E-state index in [2.05, 4.69) is 15.5 Å². The number of aromatic nitrogens is 4. The summed E-state index contributed by atoms with van der Waals surface area (Å²) in [7, 11) is 1.58. The molecule has 1 aromatic heterocycles. The molecule has 0 N–H and O–H groups in total. The monoisotopic (exact) mass is 212 g/mol. The first kappa shape index (κ1) is 10.3. The number of tetrazole rings is 1. The topological polar surface area (TPSA) is 43.6 Å². The highest BCUT2D eigenvalue weighted by Crippen LogP contribution is 2.24. The third-order valence-corrected chi connectivity index (χ3v) is 2.21. The lowest BCUT2D eigenvalue weighted by molar-refractivity contribution is -0.129. The van der Waals surface area contributed by atoms with Crippen LogP contribution in [0.1, 0.15) is 6.42 Å². The van der Waals surface area contributed by atoms with Crippen LogP contribution in [0.5, 0.6) is 0 Å². The van der Waals surface area contributed by atoms with Crippen molar-refractivity contribution >= 4 is 11.8 Å². The van der Waals surface area contributed by atoms with Crippen molar-refractivity contribution < 1.29 is 13.2 Å². The van der Waals surface area contributed by atoms with Crippen LogP contribution in [-0.2, 0) is 7.05 Å². The van der Waals surface area contributed by atoms with Gasteiger partial charge in [-0.1, -0.05) is 11.8 Å². The quantitative estimate of drug-likeness (QED) is 0.707. The zero-order chi connectivity index (χ0) is 9.90. The molecule has 0 radical (unpaired) electrons. The van der Waals surface area contributed by atoms with Crippen LogP contribution in [-0.4, -0.2) is 32.1 Å². The van der Waals surface area contributed by atoms with Crippen LogP contribution in [0.2, 0.25) is 0 Å². The Labute approximate surface area is 76.5 Å². The first-order chi connectivity index (χ1) is 5.99. The van der Waals surface area contributed by atoms with Gasteiger partial charge < -0.3 is 0 Å². The predicted molar refractivity (Wildman–Crippen MR) is 40.2 cm³/mol. The third kappa shape index (κ3) is 3.62. The molecule has 0 aliphatic rings. The molecular formula is C5H7F3N4S. The van der Waals surface area contributed by atoms with Gasteiger partial charge in [-0.15, -0.1) is 5.10 Å². The zero-order valence-corrected chi connectivity index (χ0v) is 7.56. The Bertz CT molecular complexity index is 271. The van der Waals surface area contributed by atoms with Crippen LogP contribution in [0, 0.1) is 0 Å². The second-order valence-corrected chi connectivity index (χ2v) is 3.36. The lowest BCUT2D eigenvalue weighted by Gasteiger charge is -2.03. The van der Waals surface area contributed by atoms with E-state index >= 15 is 0 Å². The standard InChI is InChI=1S/C5H7F3N4S/c1-12-4(9-10-11-12)13-3-2-5(6,7)8/h2-3H2,1H3. The molecule has 1 rings (SSSR count). The van der Waals surface area contributed by atoms with E-state index in [4.69, 9.17) is 0 Å². The normalized spacial score (nSPS) is 12.0. The number of hydrogen-bond donors (Lipinski definition) is 0. The maximum absolute atomic E-state index is 11.7. The van der Waals surface area contributed by atoms with Gasteiger partial charge >= 0.3 is 6.18 Å². The fourth-order valence-electron chi connectivity index (χ4n) is 0.602. The molecule has 0 amide bonds. The Morgan fingerprint density at radius 3 is 2.62 bits per heavy atom. The van der Waals surface area contributed by atoms with Gasteiger partial charge in [0.25, 0.3) is 0 Å². The lowest BCUT2D eigenvalue weighted by atomic mass is 10.5. The molecule has 0 aliphatic carbocycles. The van der Waals surface area contributed by atoms with E-state index < -0.39 is 12.6 Å². The highest BCUT2D eigenvalue weighted by molar-refractivity contribution is 7.99. The molecule has 0 atom stereocenters. The van der Waals surface area contributed by atoms with Crippen molar-refractivity contribution in [2.75, 3.05) is 5.75 Å². The van der Waals surface area contributed by atoms with E-state index in [-0.39, 0.29) is 5.75 Å². The molecule has 0 aliphatic heterocycles. The molecule has 8 heteroatoms. The van der Waals surface area contributed by atoms with Crippen LogP contribution in [0.4, 0.5) is 13.2 Å². The second kappa shape index (κ2) is 3.95. The summed E-state index contributed by atoms with van der Waals surface area (Å²) < 4.78 is 36.5. The van der Waals surface area contributed by atoms with Gasteiger partial charge in [0, 0.05) is 12.8 Å². The average Bonchev–Trinajstić information content (AvgIpc) is 2.34. The summed E-state index contributed by atoms with van der Waals surface area (Å²) in [5, 5.41) is 10.7. The first-order valence-electron chi connectivity index (χ1n) is 3.41. The van der Waals surface area contributed by atoms with Gasteiger partial charge in [-0.05, 0) is 10.4 Å². The molecule has 4 nitrogen and oxygen atoms in total. The van der Waals surface area contributed by atoms with Crippen molar-refractivity contribution in [3.05, 3.63) is 0 Å². The molecular weight excluding hydrogens is 205 g/mol. The van der Waals surface area contributed by atoms with E-state index in [9.17, 15) is 13.2 Å². The largest absolute Gasteiger partial charge is 0.389 e. The molecule has 0 aromatic carbocycles. The molecule has 0 spiro atoms. The maximum Gasteiger partial charge on any atom is 0.389 e. The van der Waals surface area contributed by atoms with Crippen molar-refractivity contribution in [3.8, 4) is 0 Å². The predicted octanol–water partition coefficient (Wildman–Crippen LogP) is 1.25. The van der Waals surface area contributed by atoms with Crippen LogP contribution in [0.15, 0.2) is 5.16 Å². The van der Waals surface area contributed by atoms with Gasteiger partial charge in [0.2, 0.25) is 5.16 Å². The van der Waals surface area contributed by atoms with Crippen LogP contribution >= 0.6 is 11.8 Å². The number of nitrogens with zero attached hydrogens (tertiary/aromatic N) is 4. The fourth-order valence-corrected chi connectivity index (χ4v) is 1.44. The summed E-state index contributed by atoms with van der Waals surface area (Å²) in [5.74, 6) is -0.0578. The minimum atomic E-state index is -4.11. The number of rotatable bonds is 3. The fraction of sp³-hybridized carbons (Fsp3) is 0.800. The highest BCUT2D eigenvalue weighted by atomic mass is 32.2. The molecule has 1 heterocycles. The van der Waals surface area contributed by atoms with Gasteiger partial charge in [-0.2, -0.15) is 13.2 Å². The summed E-state index contributed by atoms with van der Waals surface area (Å²) in [5.41, 5.74) is 0. The van der Waals surface area contributed by atoms with Gasteiger partial charge in [0.1, 0.15) is 0 Å². The molecule has 0 fully saturated rings. The van der Waals surface area contributed by atoms with E-state index in [0.717, 1.165) is 11.8 Å². The van der Waals surface area contributed by atoms with Crippen molar-refractivity contribution in [2.24, 2.45) is 7.05 Å². The van der Waals surface area contributed by atoms with E-state index in [1.54, 1.807) is 7.05 Å². The summed E-state index contributed by atoms with van der Waals surface area (Å²) in [6, 6.07) is 0. The Morgan fingerprint density at radius 2 is 2.15 bits per heavy atom. The first-order valence-corrected chi connectivity index (χ1v) is 4.39. The number of hydrogen-bond acceptors (Lipinski definition) is 4. The van der Waals surface area contributed by atoms with Gasteiger partial charge in [0.15, 0.2) is 0 Å². The molecule has 0 bridgehead atoms. The second-order valence-electron chi connectivity index (χ2n) is 2.30. The van der Waals surface area contributed by atoms with E-state index in [1.807, 2.05) is 0 Å². The number of halogens is 3. The molecule has 0 unspecified atom stereocenters. The Morgan fingerprint density at radius 1 is 1.46 bits per heavy atom. The number of thioether (sulfide) groups is 1. The highest BCUT2D eigenvalue weighted by Gasteiger charge is 2.26. The molecule has 1 aromatic rings. The van der Waals surface area contributed by atoms with Gasteiger partial charge in [0.05, 0.1) is 6.42 Å². The minimum absolute atomic E-state index is 0.0578. The Kier molecular flexibility index (Phi) is 3.12. The average molecular weight is 212 g/mol. The van der Waals surface area contributed by atoms with Gasteiger partial charge in [-0.3, -0.25) is 0 Å². The van der Waals surface area contributed by atoms with Crippen molar-refractivity contribution in [1.82, 2.24) is 20.2 Å². The Hall–Kier alpha value is -0.790. The van der Waals surface area contributed by atoms with Crippen molar-refractivity contribution in [3.63, 3.8) is 0 Å². The smallest absolute Gasteiger partial charge is 0.224 e. The zero-order valence-electron chi connectivity index (χ0n) is 6.75. The molecule has 0 saturated heterocycles. The summed E-state index contributed by atoms with van der Waals surface area (Å²) in [6.07, 6.45) is -4.94. The summed E-state index contributed by atoms with van der Waals surface area (Å²) in [4.78, 5) is 0. The molecule has 74 valence electrons. The van der Waals surface area contributed by atoms with Crippen LogP contribution < -0.4 is 0 Å². The minimum Gasteiger partial charge on any atom is -0.224 e. The molecule has 0 saturated carbocycles. The third-order valence-electron chi connectivity index (χ3n) is 1.20. The van der Waals surface area contributed by atoms with E-state index in [1.165, 1.54) is 4.68 Å². The Balaban J connectivity index is 2.32. The van der Waals surface area contributed by atoms with Crippen LogP contribution in [0.25, 0.3) is 0 Å². The lowest BCUT2D eigenvalue weighted by Crippen LogP contribution is -2.08. The van der Waals surface area contributed by atoms with Crippen LogP contribution in [0.3, 0.4) is 0 Å². The van der Waals surface area contributed by atoms with Gasteiger partial charge in [-0.25, -0.2) is 4.68 Å². The number of aryl methyl sites for hydroxylation is 1. The molecule has 13 heavy (non-hydrogen) atoms. The van der Waals surface area contributed by atoms with E-state index in [0.29, 0.717) is 5.16 Å². The SMILES string of the molecule is Cn1nnnc1SCCC(F)(F)F. The summed E-state index contributed by atoms with van der Waals surface area (Å²) in [6.45, 7) is 0. The summed E-state index contributed by atoms with van der Waals surface area (Å²) >= 11 is 0.987. The number of alkyl halides is 3. The van der Waals surface area contributed by atoms with Crippen molar-refractivity contribution in [1.29, 1.82) is 0 Å². The van der Waals surface area contributed by atoms with Crippen molar-refractivity contribution in [2.45, 2.75) is 17.8 Å². The maximum atomic E-state index is 11.7.